The van der Waals surface area contributed by atoms with Crippen LogP contribution in [-0.4, -0.2) is 48.7 Å². The Hall–Kier alpha value is -0.610. The van der Waals surface area contributed by atoms with Crippen LogP contribution < -0.4 is 5.32 Å². The van der Waals surface area contributed by atoms with Gasteiger partial charge in [-0.2, -0.15) is 0 Å². The second-order valence-electron chi connectivity index (χ2n) is 6.64. The molecular weight excluding hydrogens is 252 g/mol. The van der Waals surface area contributed by atoms with Gasteiger partial charge in [0, 0.05) is 12.1 Å². The molecule has 1 saturated heterocycles. The molecule has 4 heteroatoms. The Labute approximate surface area is 123 Å². The number of rotatable bonds is 5. The monoisotopic (exact) mass is 282 g/mol. The van der Waals surface area contributed by atoms with Crippen molar-refractivity contribution in [3.63, 3.8) is 0 Å². The minimum Gasteiger partial charge on any atom is -0.465 e. The SMILES string of the molecule is CCOC(=O)C1(NC)CCC(N2CCCC2C(C)C)C1. The molecule has 1 saturated carbocycles. The Bertz CT molecular complexity index is 345. The van der Waals surface area contributed by atoms with Gasteiger partial charge in [0.15, 0.2) is 0 Å². The highest BCUT2D eigenvalue weighted by Crippen LogP contribution is 2.38. The largest absolute Gasteiger partial charge is 0.465 e. The molecule has 0 aromatic rings. The highest BCUT2D eigenvalue weighted by molar-refractivity contribution is 5.81. The van der Waals surface area contributed by atoms with E-state index in [2.05, 4.69) is 24.1 Å². The first-order valence-corrected chi connectivity index (χ1v) is 8.16. The third-order valence-electron chi connectivity index (χ3n) is 5.21. The van der Waals surface area contributed by atoms with Gasteiger partial charge in [-0.15, -0.1) is 0 Å². The summed E-state index contributed by atoms with van der Waals surface area (Å²) in [5, 5.41) is 3.26. The van der Waals surface area contributed by atoms with E-state index in [0.717, 1.165) is 19.3 Å². The van der Waals surface area contributed by atoms with E-state index in [1.807, 2.05) is 14.0 Å². The topological polar surface area (TPSA) is 41.6 Å². The summed E-state index contributed by atoms with van der Waals surface area (Å²) in [6, 6.07) is 1.22. The number of ether oxygens (including phenoxy) is 1. The van der Waals surface area contributed by atoms with Crippen molar-refractivity contribution in [3.8, 4) is 0 Å². The minimum atomic E-state index is -0.454. The van der Waals surface area contributed by atoms with E-state index in [1.165, 1.54) is 19.4 Å². The minimum absolute atomic E-state index is 0.0645. The average Bonchev–Trinajstić information content (AvgIpc) is 3.06. The molecule has 0 amide bonds. The van der Waals surface area contributed by atoms with E-state index < -0.39 is 5.54 Å². The number of likely N-dealkylation sites (N-methyl/N-ethyl adjacent to an activating group) is 1. The number of nitrogens with one attached hydrogen (secondary N) is 1. The summed E-state index contributed by atoms with van der Waals surface area (Å²) >= 11 is 0. The van der Waals surface area contributed by atoms with Gasteiger partial charge in [-0.3, -0.25) is 9.69 Å². The molecule has 0 radical (unpaired) electrons. The van der Waals surface area contributed by atoms with Crippen molar-refractivity contribution in [1.82, 2.24) is 10.2 Å². The van der Waals surface area contributed by atoms with Gasteiger partial charge < -0.3 is 10.1 Å². The zero-order valence-corrected chi connectivity index (χ0v) is 13.4. The van der Waals surface area contributed by atoms with Gasteiger partial charge in [-0.05, 0) is 58.5 Å². The molecule has 1 aliphatic carbocycles. The number of carbonyl (C=O) groups is 1. The summed E-state index contributed by atoms with van der Waals surface area (Å²) < 4.78 is 5.29. The lowest BCUT2D eigenvalue weighted by Crippen LogP contribution is -2.51. The molecule has 116 valence electrons. The van der Waals surface area contributed by atoms with Crippen molar-refractivity contribution in [2.24, 2.45) is 5.92 Å². The Balaban J connectivity index is 2.05. The lowest BCUT2D eigenvalue weighted by atomic mass is 9.96. The molecule has 0 bridgehead atoms. The Morgan fingerprint density at radius 1 is 1.45 bits per heavy atom. The van der Waals surface area contributed by atoms with Gasteiger partial charge in [-0.25, -0.2) is 0 Å². The second kappa shape index (κ2) is 6.44. The number of likely N-dealkylation sites (tertiary alicyclic amines) is 1. The zero-order chi connectivity index (χ0) is 14.8. The molecule has 3 unspecified atom stereocenters. The molecular formula is C16H30N2O2. The molecule has 1 aliphatic heterocycles. The summed E-state index contributed by atoms with van der Waals surface area (Å²) in [7, 11) is 1.89. The molecule has 20 heavy (non-hydrogen) atoms. The number of nitrogens with zero attached hydrogens (tertiary/aromatic N) is 1. The van der Waals surface area contributed by atoms with Crippen LogP contribution in [0.2, 0.25) is 0 Å². The van der Waals surface area contributed by atoms with Gasteiger partial charge in [0.25, 0.3) is 0 Å². The van der Waals surface area contributed by atoms with Crippen molar-refractivity contribution in [1.29, 1.82) is 0 Å². The predicted octanol–water partition coefficient (Wildman–Crippen LogP) is 2.18. The van der Waals surface area contributed by atoms with E-state index in [-0.39, 0.29) is 5.97 Å². The summed E-state index contributed by atoms with van der Waals surface area (Å²) in [5.41, 5.74) is -0.454. The fourth-order valence-electron chi connectivity index (χ4n) is 4.07. The highest BCUT2D eigenvalue weighted by atomic mass is 16.5. The summed E-state index contributed by atoms with van der Waals surface area (Å²) in [5.74, 6) is 0.634. The van der Waals surface area contributed by atoms with Crippen LogP contribution in [0.4, 0.5) is 0 Å². The molecule has 2 rings (SSSR count). The maximum absolute atomic E-state index is 12.3. The van der Waals surface area contributed by atoms with Crippen LogP contribution in [0.25, 0.3) is 0 Å². The Kier molecular flexibility index (Phi) is 5.08. The van der Waals surface area contributed by atoms with Crippen molar-refractivity contribution >= 4 is 5.97 Å². The molecule has 1 heterocycles. The highest BCUT2D eigenvalue weighted by Gasteiger charge is 2.48. The van der Waals surface area contributed by atoms with Gasteiger partial charge >= 0.3 is 5.97 Å². The molecule has 2 fully saturated rings. The number of carbonyl (C=O) groups excluding carboxylic acids is 1. The lowest BCUT2D eigenvalue weighted by molar-refractivity contribution is -0.151. The standard InChI is InChI=1S/C16H30N2O2/c1-5-20-15(19)16(17-4)9-8-13(11-16)18-10-6-7-14(18)12(2)3/h12-14,17H,5-11H2,1-4H3. The average molecular weight is 282 g/mol. The van der Waals surface area contributed by atoms with Crippen LogP contribution >= 0.6 is 0 Å². The Morgan fingerprint density at radius 2 is 2.20 bits per heavy atom. The van der Waals surface area contributed by atoms with Gasteiger partial charge in [0.2, 0.25) is 0 Å². The van der Waals surface area contributed by atoms with Gasteiger partial charge in [-0.1, -0.05) is 13.8 Å². The van der Waals surface area contributed by atoms with Crippen LogP contribution in [0, 0.1) is 5.92 Å². The molecule has 0 aromatic heterocycles. The third kappa shape index (κ3) is 2.86. The number of hydrogen-bond acceptors (Lipinski definition) is 4. The van der Waals surface area contributed by atoms with Crippen LogP contribution in [-0.2, 0) is 9.53 Å². The molecule has 0 spiro atoms. The summed E-state index contributed by atoms with van der Waals surface area (Å²) in [6.07, 6.45) is 5.49. The van der Waals surface area contributed by atoms with Crippen molar-refractivity contribution in [2.45, 2.75) is 70.5 Å². The van der Waals surface area contributed by atoms with Gasteiger partial charge in [0.05, 0.1) is 6.61 Å². The van der Waals surface area contributed by atoms with E-state index in [4.69, 9.17) is 4.74 Å². The number of hydrogen-bond donors (Lipinski definition) is 1. The maximum atomic E-state index is 12.3. The molecule has 3 atom stereocenters. The van der Waals surface area contributed by atoms with E-state index in [9.17, 15) is 4.79 Å². The molecule has 1 N–H and O–H groups in total. The van der Waals surface area contributed by atoms with Crippen molar-refractivity contribution < 1.29 is 9.53 Å². The summed E-state index contributed by atoms with van der Waals surface area (Å²) in [4.78, 5) is 14.9. The first kappa shape index (κ1) is 15.8. The van der Waals surface area contributed by atoms with Crippen LogP contribution in [0.15, 0.2) is 0 Å². The van der Waals surface area contributed by atoms with Crippen LogP contribution in [0.3, 0.4) is 0 Å². The lowest BCUT2D eigenvalue weighted by Gasteiger charge is -2.34. The van der Waals surface area contributed by atoms with E-state index in [0.29, 0.717) is 24.6 Å². The normalized spacial score (nSPS) is 34.9. The second-order valence-corrected chi connectivity index (χ2v) is 6.64. The predicted molar refractivity (Wildman–Crippen MR) is 80.6 cm³/mol. The van der Waals surface area contributed by atoms with E-state index >= 15 is 0 Å². The fraction of sp³-hybridized carbons (Fsp3) is 0.938. The van der Waals surface area contributed by atoms with Crippen LogP contribution in [0.5, 0.6) is 0 Å². The van der Waals surface area contributed by atoms with Crippen molar-refractivity contribution in [3.05, 3.63) is 0 Å². The summed E-state index contributed by atoms with van der Waals surface area (Å²) in [6.45, 7) is 8.16. The maximum Gasteiger partial charge on any atom is 0.326 e. The van der Waals surface area contributed by atoms with Crippen molar-refractivity contribution in [2.75, 3.05) is 20.2 Å². The number of esters is 1. The zero-order valence-electron chi connectivity index (χ0n) is 13.4. The first-order valence-electron chi connectivity index (χ1n) is 8.16. The Morgan fingerprint density at radius 3 is 2.80 bits per heavy atom. The van der Waals surface area contributed by atoms with E-state index in [1.54, 1.807) is 0 Å². The molecule has 2 aliphatic rings. The van der Waals surface area contributed by atoms with Crippen LogP contribution in [0.1, 0.15) is 52.9 Å². The quantitative estimate of drug-likeness (QED) is 0.785. The fourth-order valence-corrected chi connectivity index (χ4v) is 4.07. The molecule has 4 nitrogen and oxygen atoms in total. The smallest absolute Gasteiger partial charge is 0.326 e. The molecule has 0 aromatic carbocycles. The van der Waals surface area contributed by atoms with Gasteiger partial charge in [0.1, 0.15) is 5.54 Å². The third-order valence-corrected chi connectivity index (χ3v) is 5.21. The first-order chi connectivity index (χ1) is 9.54.